The summed E-state index contributed by atoms with van der Waals surface area (Å²) >= 11 is 0. The van der Waals surface area contributed by atoms with Crippen LogP contribution >= 0.6 is 0 Å². The smallest absolute Gasteiger partial charge is 0.229 e. The van der Waals surface area contributed by atoms with E-state index in [1.807, 2.05) is 47.4 Å². The number of hydrogen-bond donors (Lipinski definition) is 2. The maximum absolute atomic E-state index is 12.9. The molecule has 0 saturated carbocycles. The highest BCUT2D eigenvalue weighted by Crippen LogP contribution is 2.31. The van der Waals surface area contributed by atoms with E-state index in [9.17, 15) is 9.59 Å². The van der Waals surface area contributed by atoms with Crippen molar-refractivity contribution in [2.24, 2.45) is 5.92 Å². The SMILES string of the molecule is CC(C)c1ccccc1Nc1ccc(NC(=O)C2CC(=O)N(C3Cc4ccccc4C3)C2)cc1. The molecule has 3 aromatic carbocycles. The molecule has 5 heteroatoms. The molecule has 0 bridgehead atoms. The summed E-state index contributed by atoms with van der Waals surface area (Å²) < 4.78 is 0. The quantitative estimate of drug-likeness (QED) is 0.517. The van der Waals surface area contributed by atoms with Gasteiger partial charge >= 0.3 is 0 Å². The summed E-state index contributed by atoms with van der Waals surface area (Å²) in [5, 5.41) is 6.48. The molecule has 1 saturated heterocycles. The highest BCUT2D eigenvalue weighted by molar-refractivity contribution is 5.97. The number of nitrogens with one attached hydrogen (secondary N) is 2. The predicted molar refractivity (Wildman–Crippen MR) is 136 cm³/mol. The van der Waals surface area contributed by atoms with Crippen molar-refractivity contribution in [1.29, 1.82) is 0 Å². The molecule has 174 valence electrons. The lowest BCUT2D eigenvalue weighted by molar-refractivity contribution is -0.129. The molecule has 0 radical (unpaired) electrons. The molecule has 1 atom stereocenters. The van der Waals surface area contributed by atoms with Crippen molar-refractivity contribution in [1.82, 2.24) is 4.90 Å². The zero-order valence-electron chi connectivity index (χ0n) is 19.8. The molecule has 1 aliphatic carbocycles. The number of carbonyl (C=O) groups is 2. The predicted octanol–water partition coefficient (Wildman–Crippen LogP) is 5.51. The Hall–Kier alpha value is -3.60. The topological polar surface area (TPSA) is 61.4 Å². The summed E-state index contributed by atoms with van der Waals surface area (Å²) in [6.07, 6.45) is 2.04. The Labute approximate surface area is 201 Å². The Bertz CT molecular complexity index is 1180. The lowest BCUT2D eigenvalue weighted by Gasteiger charge is -2.24. The van der Waals surface area contributed by atoms with Crippen LogP contribution in [0.15, 0.2) is 72.8 Å². The highest BCUT2D eigenvalue weighted by Gasteiger charge is 2.39. The van der Waals surface area contributed by atoms with Crippen LogP contribution in [0.3, 0.4) is 0 Å². The number of amides is 2. The third-order valence-corrected chi connectivity index (χ3v) is 7.01. The van der Waals surface area contributed by atoms with E-state index in [-0.39, 0.29) is 30.2 Å². The van der Waals surface area contributed by atoms with Gasteiger partial charge in [0.15, 0.2) is 0 Å². The van der Waals surface area contributed by atoms with Gasteiger partial charge < -0.3 is 15.5 Å². The number of fused-ring (bicyclic) bond motifs is 1. The van der Waals surface area contributed by atoms with Crippen LogP contribution in [0.2, 0.25) is 0 Å². The monoisotopic (exact) mass is 453 g/mol. The number of anilines is 3. The molecular weight excluding hydrogens is 422 g/mol. The second kappa shape index (κ2) is 9.34. The number of benzene rings is 3. The summed E-state index contributed by atoms with van der Waals surface area (Å²) in [5.74, 6) is 0.111. The van der Waals surface area contributed by atoms with Crippen LogP contribution < -0.4 is 10.6 Å². The first-order valence-corrected chi connectivity index (χ1v) is 12.1. The molecule has 0 spiro atoms. The van der Waals surface area contributed by atoms with Gasteiger partial charge in [0.1, 0.15) is 0 Å². The molecule has 1 aliphatic heterocycles. The van der Waals surface area contributed by atoms with E-state index >= 15 is 0 Å². The van der Waals surface area contributed by atoms with Crippen LogP contribution in [0.5, 0.6) is 0 Å². The van der Waals surface area contributed by atoms with Gasteiger partial charge in [0.2, 0.25) is 11.8 Å². The Morgan fingerprint density at radius 3 is 2.15 bits per heavy atom. The van der Waals surface area contributed by atoms with Crippen molar-refractivity contribution in [3.8, 4) is 0 Å². The molecule has 1 heterocycles. The van der Waals surface area contributed by atoms with E-state index in [0.29, 0.717) is 12.5 Å². The molecule has 1 unspecified atom stereocenters. The second-order valence-corrected chi connectivity index (χ2v) is 9.71. The largest absolute Gasteiger partial charge is 0.355 e. The molecule has 1 fully saturated rings. The van der Waals surface area contributed by atoms with Crippen molar-refractivity contribution in [2.75, 3.05) is 17.2 Å². The summed E-state index contributed by atoms with van der Waals surface area (Å²) in [7, 11) is 0. The average molecular weight is 454 g/mol. The van der Waals surface area contributed by atoms with Gasteiger partial charge in [-0.3, -0.25) is 9.59 Å². The number of nitrogens with zero attached hydrogens (tertiary/aromatic N) is 1. The van der Waals surface area contributed by atoms with Crippen molar-refractivity contribution in [3.05, 3.63) is 89.5 Å². The first kappa shape index (κ1) is 22.2. The molecule has 2 N–H and O–H groups in total. The number of rotatable bonds is 6. The first-order chi connectivity index (χ1) is 16.5. The van der Waals surface area contributed by atoms with E-state index < -0.39 is 0 Å². The molecule has 5 nitrogen and oxygen atoms in total. The third-order valence-electron chi connectivity index (χ3n) is 7.01. The fraction of sp³-hybridized carbons (Fsp3) is 0.310. The fourth-order valence-corrected chi connectivity index (χ4v) is 5.17. The molecule has 2 aliphatic rings. The maximum Gasteiger partial charge on any atom is 0.229 e. The van der Waals surface area contributed by atoms with Crippen LogP contribution in [-0.4, -0.2) is 29.3 Å². The zero-order valence-corrected chi connectivity index (χ0v) is 19.8. The average Bonchev–Trinajstić information content (AvgIpc) is 3.44. The summed E-state index contributed by atoms with van der Waals surface area (Å²) in [4.78, 5) is 27.6. The van der Waals surface area contributed by atoms with Gasteiger partial charge in [0.05, 0.1) is 5.92 Å². The fourth-order valence-electron chi connectivity index (χ4n) is 5.17. The zero-order chi connectivity index (χ0) is 23.7. The van der Waals surface area contributed by atoms with Crippen LogP contribution in [0, 0.1) is 5.92 Å². The van der Waals surface area contributed by atoms with Gasteiger partial charge in [-0.2, -0.15) is 0 Å². The summed E-state index contributed by atoms with van der Waals surface area (Å²) in [6.45, 7) is 4.86. The van der Waals surface area contributed by atoms with Crippen molar-refractivity contribution in [3.63, 3.8) is 0 Å². The Kier molecular flexibility index (Phi) is 6.10. The van der Waals surface area contributed by atoms with E-state index in [1.54, 1.807) is 0 Å². The van der Waals surface area contributed by atoms with Gasteiger partial charge in [-0.05, 0) is 65.8 Å². The Morgan fingerprint density at radius 2 is 1.47 bits per heavy atom. The Balaban J connectivity index is 1.19. The third kappa shape index (κ3) is 4.56. The summed E-state index contributed by atoms with van der Waals surface area (Å²) in [5.41, 5.74) is 6.70. The van der Waals surface area contributed by atoms with Crippen LogP contribution in [-0.2, 0) is 22.4 Å². The van der Waals surface area contributed by atoms with Crippen LogP contribution in [0.25, 0.3) is 0 Å². The molecule has 0 aromatic heterocycles. The minimum absolute atomic E-state index is 0.0846. The number of hydrogen-bond acceptors (Lipinski definition) is 3. The van der Waals surface area contributed by atoms with Crippen molar-refractivity contribution < 1.29 is 9.59 Å². The Morgan fingerprint density at radius 1 is 0.853 bits per heavy atom. The molecule has 5 rings (SSSR count). The number of carbonyl (C=O) groups excluding carboxylic acids is 2. The molecule has 2 amide bonds. The number of likely N-dealkylation sites (tertiary alicyclic amines) is 1. The van der Waals surface area contributed by atoms with E-state index in [1.165, 1.54) is 16.7 Å². The second-order valence-electron chi connectivity index (χ2n) is 9.71. The summed E-state index contributed by atoms with van der Waals surface area (Å²) in [6, 6.07) is 24.6. The molecule has 3 aromatic rings. The van der Waals surface area contributed by atoms with E-state index in [2.05, 4.69) is 54.8 Å². The molecule has 34 heavy (non-hydrogen) atoms. The minimum Gasteiger partial charge on any atom is -0.355 e. The van der Waals surface area contributed by atoms with Crippen molar-refractivity contribution >= 4 is 28.9 Å². The van der Waals surface area contributed by atoms with Gasteiger partial charge in [0.25, 0.3) is 0 Å². The lowest BCUT2D eigenvalue weighted by atomic mass is 10.0. The molecular formula is C29H31N3O2. The van der Waals surface area contributed by atoms with E-state index in [0.717, 1.165) is 29.9 Å². The van der Waals surface area contributed by atoms with E-state index in [4.69, 9.17) is 0 Å². The number of para-hydroxylation sites is 1. The first-order valence-electron chi connectivity index (χ1n) is 12.1. The normalized spacial score (nSPS) is 17.8. The maximum atomic E-state index is 12.9. The van der Waals surface area contributed by atoms with Crippen LogP contribution in [0.4, 0.5) is 17.1 Å². The van der Waals surface area contributed by atoms with Gasteiger partial charge in [-0.1, -0.05) is 56.3 Å². The minimum atomic E-state index is -0.313. The van der Waals surface area contributed by atoms with Gasteiger partial charge in [-0.25, -0.2) is 0 Å². The van der Waals surface area contributed by atoms with Gasteiger partial charge in [0, 0.05) is 36.1 Å². The standard InChI is InChI=1S/C29H31N3O2/c1-19(2)26-9-5-6-10-27(26)30-23-11-13-24(14-12-23)31-29(34)22-17-28(33)32(18-22)25-15-20-7-3-4-8-21(20)16-25/h3-14,19,22,25,30H,15-18H2,1-2H3,(H,31,34). The van der Waals surface area contributed by atoms with Crippen molar-refractivity contribution in [2.45, 2.75) is 45.1 Å². The highest BCUT2D eigenvalue weighted by atomic mass is 16.2. The van der Waals surface area contributed by atoms with Crippen LogP contribution in [0.1, 0.15) is 42.9 Å². The lowest BCUT2D eigenvalue weighted by Crippen LogP contribution is -2.38. The van der Waals surface area contributed by atoms with Gasteiger partial charge in [-0.15, -0.1) is 0 Å².